The lowest BCUT2D eigenvalue weighted by Crippen LogP contribution is -2.40. The van der Waals surface area contributed by atoms with E-state index in [-0.39, 0.29) is 11.0 Å². The summed E-state index contributed by atoms with van der Waals surface area (Å²) in [4.78, 5) is 16.3. The first-order valence-corrected chi connectivity index (χ1v) is 7.56. The quantitative estimate of drug-likeness (QED) is 0.581. The van der Waals surface area contributed by atoms with Gasteiger partial charge in [0.1, 0.15) is 5.82 Å². The van der Waals surface area contributed by atoms with Crippen molar-refractivity contribution in [3.63, 3.8) is 0 Å². The maximum atomic E-state index is 12.0. The summed E-state index contributed by atoms with van der Waals surface area (Å²) >= 11 is 5.62. The lowest BCUT2D eigenvalue weighted by Gasteiger charge is -2.41. The van der Waals surface area contributed by atoms with E-state index in [0.717, 1.165) is 17.7 Å². The molecule has 0 unspecified atom stereocenters. The highest BCUT2D eigenvalue weighted by molar-refractivity contribution is 14.1. The lowest BCUT2D eigenvalue weighted by molar-refractivity contribution is 0.136. The smallest absolute Gasteiger partial charge is 0.266 e. The van der Waals surface area contributed by atoms with E-state index in [2.05, 4.69) is 43.5 Å². The van der Waals surface area contributed by atoms with E-state index in [1.807, 2.05) is 11.5 Å². The molecule has 0 radical (unpaired) electrons. The summed E-state index contributed by atoms with van der Waals surface area (Å²) in [5.74, 6) is 0.817. The van der Waals surface area contributed by atoms with Crippen molar-refractivity contribution >= 4 is 38.5 Å². The summed E-state index contributed by atoms with van der Waals surface area (Å²) in [5, 5.41) is 0.970. The zero-order valence-electron chi connectivity index (χ0n) is 9.17. The third-order valence-corrected chi connectivity index (χ3v) is 5.33. The van der Waals surface area contributed by atoms with Crippen LogP contribution in [0.5, 0.6) is 0 Å². The number of alkyl halides is 1. The molecule has 3 nitrogen and oxygen atoms in total. The monoisotopic (exact) mass is 396 g/mol. The number of halogens is 2. The van der Waals surface area contributed by atoms with E-state index in [0.29, 0.717) is 3.57 Å². The molecule has 0 aliphatic heterocycles. The predicted octanol–water partition coefficient (Wildman–Crippen LogP) is 2.72. The van der Waals surface area contributed by atoms with Crippen LogP contribution in [0.3, 0.4) is 0 Å². The van der Waals surface area contributed by atoms with Gasteiger partial charge in [0.25, 0.3) is 5.56 Å². The van der Waals surface area contributed by atoms with E-state index >= 15 is 0 Å². The van der Waals surface area contributed by atoms with Crippen LogP contribution in [0.2, 0.25) is 0 Å². The molecular weight excluding hydrogens is 383 g/mol. The lowest BCUT2D eigenvalue weighted by atomic mass is 9.70. The first-order chi connectivity index (χ1) is 7.58. The number of nitrogens with zero attached hydrogens (tertiary/aromatic N) is 2. The first-order valence-electron chi connectivity index (χ1n) is 5.36. The molecule has 1 aromatic rings. The minimum Gasteiger partial charge on any atom is -0.295 e. The summed E-state index contributed by atoms with van der Waals surface area (Å²) in [5.41, 5.74) is 0.376. The van der Waals surface area contributed by atoms with Gasteiger partial charge < -0.3 is 0 Å². The van der Waals surface area contributed by atoms with Gasteiger partial charge in [0.05, 0.1) is 3.57 Å². The van der Waals surface area contributed by atoms with Crippen molar-refractivity contribution in [2.45, 2.75) is 32.7 Å². The highest BCUT2D eigenvalue weighted by Crippen LogP contribution is 2.43. The molecule has 1 aliphatic rings. The van der Waals surface area contributed by atoms with Crippen LogP contribution in [0.15, 0.2) is 11.0 Å². The maximum Gasteiger partial charge on any atom is 0.266 e. The third kappa shape index (κ3) is 2.20. The number of rotatable bonds is 3. The highest BCUT2D eigenvalue weighted by atomic mass is 127. The van der Waals surface area contributed by atoms with Crippen LogP contribution < -0.4 is 5.56 Å². The molecule has 16 heavy (non-hydrogen) atoms. The van der Waals surface area contributed by atoms with Crippen LogP contribution in [-0.4, -0.2) is 14.9 Å². The van der Waals surface area contributed by atoms with Crippen molar-refractivity contribution in [3.8, 4) is 0 Å². The molecule has 5 heteroatoms. The van der Waals surface area contributed by atoms with Gasteiger partial charge in [0, 0.05) is 18.1 Å². The predicted molar refractivity (Wildman–Crippen MR) is 76.0 cm³/mol. The summed E-state index contributed by atoms with van der Waals surface area (Å²) in [6, 6.07) is 0. The average Bonchev–Trinajstić information content (AvgIpc) is 2.22. The molecule has 2 rings (SSSR count). The number of aryl methyl sites for hydroxylation is 1. The molecular formula is C11H14BrIN2O. The fourth-order valence-electron chi connectivity index (χ4n) is 2.08. The van der Waals surface area contributed by atoms with Gasteiger partial charge in [0.2, 0.25) is 0 Å². The zero-order chi connectivity index (χ0) is 11.8. The topological polar surface area (TPSA) is 34.9 Å². The fourth-order valence-corrected chi connectivity index (χ4v) is 3.25. The molecule has 0 spiro atoms. The molecule has 0 bridgehead atoms. The molecule has 0 saturated heterocycles. The standard InChI is InChI=1S/C11H14BrIN2O/c1-8-14-5-9(13)10(16)15(8)7-11(6-12)3-2-4-11/h5H,2-4,6-7H2,1H3. The normalized spacial score (nSPS) is 18.2. The minimum absolute atomic E-state index is 0.0975. The summed E-state index contributed by atoms with van der Waals surface area (Å²) in [7, 11) is 0. The van der Waals surface area contributed by atoms with Crippen molar-refractivity contribution in [3.05, 3.63) is 25.9 Å². The maximum absolute atomic E-state index is 12.0. The Bertz CT molecular complexity index is 448. The molecule has 1 heterocycles. The SMILES string of the molecule is Cc1ncc(I)c(=O)n1CC1(CBr)CCC1. The van der Waals surface area contributed by atoms with Crippen LogP contribution in [-0.2, 0) is 6.54 Å². The van der Waals surface area contributed by atoms with Crippen LogP contribution in [0.25, 0.3) is 0 Å². The Morgan fingerprint density at radius 3 is 2.81 bits per heavy atom. The second-order valence-corrected chi connectivity index (χ2v) is 6.25. The second kappa shape index (κ2) is 4.76. The van der Waals surface area contributed by atoms with Crippen LogP contribution in [0, 0.1) is 15.9 Å². The highest BCUT2D eigenvalue weighted by Gasteiger charge is 2.36. The van der Waals surface area contributed by atoms with Gasteiger partial charge in [0.15, 0.2) is 0 Å². The number of hydrogen-bond acceptors (Lipinski definition) is 2. The van der Waals surface area contributed by atoms with E-state index in [4.69, 9.17) is 0 Å². The van der Waals surface area contributed by atoms with Crippen molar-refractivity contribution < 1.29 is 0 Å². The second-order valence-electron chi connectivity index (χ2n) is 4.53. The average molecular weight is 397 g/mol. The van der Waals surface area contributed by atoms with Gasteiger partial charge >= 0.3 is 0 Å². The Labute approximate surface area is 117 Å². The molecule has 1 fully saturated rings. The van der Waals surface area contributed by atoms with E-state index in [9.17, 15) is 4.79 Å². The zero-order valence-corrected chi connectivity index (χ0v) is 12.9. The molecule has 0 N–H and O–H groups in total. The summed E-state index contributed by atoms with van der Waals surface area (Å²) < 4.78 is 2.52. The summed E-state index contributed by atoms with van der Waals surface area (Å²) in [6.07, 6.45) is 5.33. The number of hydrogen-bond donors (Lipinski definition) is 0. The minimum atomic E-state index is 0.0975. The Hall–Kier alpha value is 0.0900. The van der Waals surface area contributed by atoms with Gasteiger partial charge in [-0.15, -0.1) is 0 Å². The van der Waals surface area contributed by atoms with Gasteiger partial charge in [-0.3, -0.25) is 9.36 Å². The Morgan fingerprint density at radius 2 is 2.31 bits per heavy atom. The molecule has 0 amide bonds. The molecule has 88 valence electrons. The van der Waals surface area contributed by atoms with Gasteiger partial charge in [-0.2, -0.15) is 0 Å². The fraction of sp³-hybridized carbons (Fsp3) is 0.636. The van der Waals surface area contributed by atoms with E-state index in [1.54, 1.807) is 6.20 Å². The van der Waals surface area contributed by atoms with Crippen molar-refractivity contribution in [1.82, 2.24) is 9.55 Å². The van der Waals surface area contributed by atoms with Crippen LogP contribution >= 0.6 is 38.5 Å². The first kappa shape index (κ1) is 12.5. The van der Waals surface area contributed by atoms with Crippen LogP contribution in [0.1, 0.15) is 25.1 Å². The Morgan fingerprint density at radius 1 is 1.62 bits per heavy atom. The Kier molecular flexibility index (Phi) is 3.73. The van der Waals surface area contributed by atoms with E-state index in [1.165, 1.54) is 19.3 Å². The van der Waals surface area contributed by atoms with Crippen LogP contribution in [0.4, 0.5) is 0 Å². The molecule has 1 saturated carbocycles. The van der Waals surface area contributed by atoms with Crippen molar-refractivity contribution in [2.75, 3.05) is 5.33 Å². The van der Waals surface area contributed by atoms with Gasteiger partial charge in [-0.25, -0.2) is 4.98 Å². The van der Waals surface area contributed by atoms with Crippen molar-refractivity contribution in [2.24, 2.45) is 5.41 Å². The molecule has 1 aliphatic carbocycles. The number of aromatic nitrogens is 2. The van der Waals surface area contributed by atoms with Gasteiger partial charge in [-0.1, -0.05) is 22.4 Å². The van der Waals surface area contributed by atoms with Crippen molar-refractivity contribution in [1.29, 1.82) is 0 Å². The van der Waals surface area contributed by atoms with E-state index < -0.39 is 0 Å². The summed E-state index contributed by atoms with van der Waals surface area (Å²) in [6.45, 7) is 2.70. The third-order valence-electron chi connectivity index (χ3n) is 3.40. The molecule has 0 atom stereocenters. The molecule has 0 aromatic carbocycles. The largest absolute Gasteiger partial charge is 0.295 e. The van der Waals surface area contributed by atoms with Gasteiger partial charge in [-0.05, 0) is 47.8 Å². The Balaban J connectivity index is 2.34. The molecule has 1 aromatic heterocycles.